The van der Waals surface area contributed by atoms with Crippen molar-refractivity contribution in [2.75, 3.05) is 23.3 Å². The molecule has 144 valence electrons. The van der Waals surface area contributed by atoms with Gasteiger partial charge in [-0.1, -0.05) is 12.8 Å². The first-order chi connectivity index (χ1) is 13.3. The largest absolute Gasteiger partial charge is 0.346 e. The lowest BCUT2D eigenvalue weighted by Gasteiger charge is -2.32. The number of carbonyl (C=O) groups is 1. The first kappa shape index (κ1) is 17.2. The molecule has 7 nitrogen and oxygen atoms in total. The van der Waals surface area contributed by atoms with Crippen molar-refractivity contribution < 1.29 is 4.79 Å². The van der Waals surface area contributed by atoms with Crippen LogP contribution >= 0.6 is 11.5 Å². The smallest absolute Gasteiger partial charge is 0.227 e. The van der Waals surface area contributed by atoms with Crippen molar-refractivity contribution in [1.29, 1.82) is 0 Å². The van der Waals surface area contributed by atoms with Gasteiger partial charge in [0.1, 0.15) is 5.82 Å². The van der Waals surface area contributed by atoms with Crippen LogP contribution in [-0.4, -0.2) is 38.6 Å². The van der Waals surface area contributed by atoms with E-state index >= 15 is 0 Å². The summed E-state index contributed by atoms with van der Waals surface area (Å²) in [7, 11) is 0. The lowest BCUT2D eigenvalue weighted by Crippen LogP contribution is -2.35. The van der Waals surface area contributed by atoms with Crippen molar-refractivity contribution in [1.82, 2.24) is 19.6 Å². The predicted octanol–water partition coefficient (Wildman–Crippen LogP) is 3.65. The molecule has 3 fully saturated rings. The van der Waals surface area contributed by atoms with Gasteiger partial charge in [0.05, 0.1) is 17.6 Å². The molecule has 0 spiro atoms. The summed E-state index contributed by atoms with van der Waals surface area (Å²) >= 11 is 1.52. The summed E-state index contributed by atoms with van der Waals surface area (Å²) in [6.45, 7) is 1.92. The molecule has 0 radical (unpaired) electrons. The number of anilines is 2. The molecule has 2 N–H and O–H groups in total. The summed E-state index contributed by atoms with van der Waals surface area (Å²) in [4.78, 5) is 19.6. The molecule has 3 heterocycles. The Bertz CT molecular complexity index is 807. The maximum absolute atomic E-state index is 12.5. The minimum Gasteiger partial charge on any atom is -0.346 e. The van der Waals surface area contributed by atoms with Gasteiger partial charge in [-0.05, 0) is 38.5 Å². The van der Waals surface area contributed by atoms with E-state index in [1.165, 1.54) is 37.2 Å². The molecule has 2 aromatic heterocycles. The maximum Gasteiger partial charge on any atom is 0.227 e. The van der Waals surface area contributed by atoms with Gasteiger partial charge in [-0.2, -0.15) is 9.47 Å². The van der Waals surface area contributed by atoms with Gasteiger partial charge < -0.3 is 10.2 Å². The quantitative estimate of drug-likeness (QED) is 0.819. The van der Waals surface area contributed by atoms with Gasteiger partial charge in [0.25, 0.3) is 0 Å². The van der Waals surface area contributed by atoms with Gasteiger partial charge in [-0.25, -0.2) is 4.98 Å². The van der Waals surface area contributed by atoms with Crippen LogP contribution in [0.4, 0.5) is 10.8 Å². The summed E-state index contributed by atoms with van der Waals surface area (Å²) in [5.41, 5.74) is 1.91. The van der Waals surface area contributed by atoms with Crippen molar-refractivity contribution in [3.05, 3.63) is 17.7 Å². The second-order valence-electron chi connectivity index (χ2n) is 8.16. The molecule has 0 aromatic carbocycles. The molecule has 2 aliphatic carbocycles. The maximum atomic E-state index is 12.5. The molecule has 2 aromatic rings. The second kappa shape index (κ2) is 7.22. The Kier molecular flexibility index (Phi) is 4.59. The highest BCUT2D eigenvalue weighted by molar-refractivity contribution is 7.09. The van der Waals surface area contributed by atoms with Crippen molar-refractivity contribution in [3.8, 4) is 0 Å². The van der Waals surface area contributed by atoms with Gasteiger partial charge >= 0.3 is 0 Å². The number of nitrogens with one attached hydrogen (secondary N) is 2. The van der Waals surface area contributed by atoms with E-state index in [1.54, 1.807) is 6.20 Å². The number of aromatic nitrogens is 4. The first-order valence-electron chi connectivity index (χ1n) is 10.2. The summed E-state index contributed by atoms with van der Waals surface area (Å²) in [6, 6.07) is 0. The van der Waals surface area contributed by atoms with Crippen LogP contribution in [0.2, 0.25) is 0 Å². The molecule has 1 aliphatic heterocycles. The summed E-state index contributed by atoms with van der Waals surface area (Å²) < 4.78 is 4.55. The van der Waals surface area contributed by atoms with Crippen molar-refractivity contribution >= 4 is 28.3 Å². The Morgan fingerprint density at radius 2 is 2.00 bits per heavy atom. The van der Waals surface area contributed by atoms with Crippen LogP contribution in [0.25, 0.3) is 0 Å². The summed E-state index contributed by atoms with van der Waals surface area (Å²) in [5.74, 6) is 2.27. The molecule has 0 bridgehead atoms. The highest BCUT2D eigenvalue weighted by Crippen LogP contribution is 2.40. The number of rotatable bonds is 5. The van der Waals surface area contributed by atoms with E-state index in [1.807, 2.05) is 0 Å². The van der Waals surface area contributed by atoms with E-state index < -0.39 is 0 Å². The van der Waals surface area contributed by atoms with Gasteiger partial charge in [-0.15, -0.1) is 0 Å². The van der Waals surface area contributed by atoms with E-state index in [0.29, 0.717) is 11.8 Å². The van der Waals surface area contributed by atoms with Gasteiger partial charge in [0.2, 0.25) is 11.0 Å². The van der Waals surface area contributed by atoms with Crippen molar-refractivity contribution in [2.24, 2.45) is 5.92 Å². The number of hydrogen-bond donors (Lipinski definition) is 2. The lowest BCUT2D eigenvalue weighted by molar-refractivity contribution is -0.119. The van der Waals surface area contributed by atoms with Crippen molar-refractivity contribution in [2.45, 2.75) is 63.2 Å². The molecular formula is C19H26N6OS. The Hall–Kier alpha value is -1.96. The fraction of sp³-hybridized carbons (Fsp3) is 0.684. The van der Waals surface area contributed by atoms with Gasteiger partial charge in [0.15, 0.2) is 0 Å². The van der Waals surface area contributed by atoms with E-state index in [9.17, 15) is 4.79 Å². The molecule has 8 heteroatoms. The number of carbonyl (C=O) groups excluding carboxylic acids is 1. The zero-order chi connectivity index (χ0) is 18.2. The van der Waals surface area contributed by atoms with Crippen LogP contribution < -0.4 is 10.2 Å². The molecule has 5 rings (SSSR count). The third-order valence-corrected chi connectivity index (χ3v) is 6.92. The third-order valence-electron chi connectivity index (χ3n) is 6.13. The average Bonchev–Trinajstić information content (AvgIpc) is 3.13. The number of nitrogens with zero attached hydrogens (tertiary/aromatic N) is 4. The van der Waals surface area contributed by atoms with Crippen molar-refractivity contribution in [3.63, 3.8) is 0 Å². The normalized spacial score (nSPS) is 23.7. The van der Waals surface area contributed by atoms with Crippen LogP contribution in [0, 0.1) is 5.92 Å². The minimum absolute atomic E-state index is 0.154. The fourth-order valence-electron chi connectivity index (χ4n) is 4.38. The Morgan fingerprint density at radius 3 is 2.81 bits per heavy atom. The van der Waals surface area contributed by atoms with Crippen LogP contribution in [0.15, 0.2) is 6.20 Å². The summed E-state index contributed by atoms with van der Waals surface area (Å²) in [6.07, 6.45) is 10.8. The molecule has 2 saturated carbocycles. The predicted molar refractivity (Wildman–Crippen MR) is 105 cm³/mol. The van der Waals surface area contributed by atoms with E-state index in [0.717, 1.165) is 61.1 Å². The summed E-state index contributed by atoms with van der Waals surface area (Å²) in [5, 5.41) is 11.6. The highest BCUT2D eigenvalue weighted by Gasteiger charge is 2.31. The molecular weight excluding hydrogens is 360 g/mol. The minimum atomic E-state index is 0.154. The van der Waals surface area contributed by atoms with Gasteiger partial charge in [0, 0.05) is 42.4 Å². The fourth-order valence-corrected chi connectivity index (χ4v) is 5.16. The average molecular weight is 387 g/mol. The monoisotopic (exact) mass is 386 g/mol. The number of aromatic amines is 1. The number of piperidine rings is 1. The molecule has 1 atom stereocenters. The van der Waals surface area contributed by atoms with Crippen LogP contribution in [-0.2, 0) is 4.79 Å². The molecule has 3 aliphatic rings. The number of H-pyrrole nitrogens is 1. The molecule has 27 heavy (non-hydrogen) atoms. The third kappa shape index (κ3) is 3.59. The molecule has 1 amide bonds. The SMILES string of the molecule is O=C(Nc1cn[nH]c1[C@@H]1CCCN(c2nc(C3CC3)ns2)C1)C1CCCC1. The molecule has 0 unspecified atom stereocenters. The zero-order valence-electron chi connectivity index (χ0n) is 15.5. The molecule has 1 saturated heterocycles. The van der Waals surface area contributed by atoms with E-state index in [4.69, 9.17) is 4.98 Å². The Morgan fingerprint density at radius 1 is 1.15 bits per heavy atom. The number of hydrogen-bond acceptors (Lipinski definition) is 6. The van der Waals surface area contributed by atoms with Gasteiger partial charge in [-0.3, -0.25) is 9.89 Å². The number of amides is 1. The van der Waals surface area contributed by atoms with E-state index in [2.05, 4.69) is 24.8 Å². The first-order valence-corrected chi connectivity index (χ1v) is 11.0. The highest BCUT2D eigenvalue weighted by atomic mass is 32.1. The zero-order valence-corrected chi connectivity index (χ0v) is 16.3. The Balaban J connectivity index is 1.28. The van der Waals surface area contributed by atoms with Crippen LogP contribution in [0.5, 0.6) is 0 Å². The van der Waals surface area contributed by atoms with Crippen LogP contribution in [0.1, 0.15) is 74.7 Å². The van der Waals surface area contributed by atoms with Crippen LogP contribution in [0.3, 0.4) is 0 Å². The Labute approximate surface area is 163 Å². The topological polar surface area (TPSA) is 86.8 Å². The van der Waals surface area contributed by atoms with E-state index in [-0.39, 0.29) is 11.8 Å². The lowest BCUT2D eigenvalue weighted by atomic mass is 9.94. The standard InChI is InChI=1S/C19H26N6OS/c26-18(13-4-1-2-5-13)21-15-10-20-23-16(15)14-6-3-9-25(11-14)19-22-17(24-27-19)12-7-8-12/h10,12-14H,1-9,11H2,(H,20,23)(H,21,26)/t14-/m1/s1. The second-order valence-corrected chi connectivity index (χ2v) is 8.89.